The van der Waals surface area contributed by atoms with Gasteiger partial charge in [0.1, 0.15) is 19.3 Å². The quantitative estimate of drug-likeness (QED) is 0.0222. The maximum absolute atomic E-state index is 12.9. The summed E-state index contributed by atoms with van der Waals surface area (Å²) >= 11 is 0. The first-order chi connectivity index (χ1) is 36.1. The van der Waals surface area contributed by atoms with E-state index in [-0.39, 0.29) is 25.7 Å². The predicted octanol–water partition coefficient (Wildman–Crippen LogP) is 14.7. The SMILES string of the molecule is CCCCCCCCCCCCCCCCCC(=O)O[C@H](COC(=O)CCCCCCCCC(C)CC)COP(=O)(O)OC[C@@H](O)COP(=O)(O)OC[C@@H](COC(=O)CCCCCCC)OC(=O)CCCCCCC. The molecule has 0 aromatic heterocycles. The van der Waals surface area contributed by atoms with Crippen LogP contribution >= 0.6 is 15.6 Å². The summed E-state index contributed by atoms with van der Waals surface area (Å²) in [6, 6.07) is 0. The number of unbranched alkanes of at least 4 members (excludes halogenated alkanes) is 27. The third-order valence-corrected chi connectivity index (χ3v) is 15.0. The number of carbonyl (C=O) groups excluding carboxylic acids is 4. The molecule has 0 saturated heterocycles. The van der Waals surface area contributed by atoms with Gasteiger partial charge in [-0.2, -0.15) is 0 Å². The van der Waals surface area contributed by atoms with Crippen LogP contribution < -0.4 is 0 Å². The molecule has 0 radical (unpaired) electrons. The second-order valence-electron chi connectivity index (χ2n) is 20.6. The van der Waals surface area contributed by atoms with Crippen molar-refractivity contribution in [2.45, 2.75) is 291 Å². The van der Waals surface area contributed by atoms with Gasteiger partial charge in [-0.15, -0.1) is 0 Å². The minimum atomic E-state index is -4.93. The van der Waals surface area contributed by atoms with Gasteiger partial charge in [0, 0.05) is 25.7 Å². The molecule has 6 atom stereocenters. The second kappa shape index (κ2) is 50.3. The number of phosphoric acid groups is 2. The lowest BCUT2D eigenvalue weighted by molar-refractivity contribution is -0.161. The van der Waals surface area contributed by atoms with Gasteiger partial charge in [0.2, 0.25) is 0 Å². The standard InChI is InChI=1S/C56H108O17P2/c1-6-10-13-16-17-18-19-20-21-22-23-24-25-32-37-42-56(61)73-52(46-67-54(59)40-35-31-27-26-30-33-38-49(5)9-4)48-71-75(64,65)69-44-50(57)43-68-74(62,63)70-47-51(72-55(60)41-36-29-15-12-8-3)45-66-53(58)39-34-28-14-11-7-2/h49-52,57H,6-48H2,1-5H3,(H,62,63)(H,64,65)/t49?,50-,51+,52+/m0/s1. The van der Waals surface area contributed by atoms with Crippen molar-refractivity contribution < 1.29 is 80.2 Å². The van der Waals surface area contributed by atoms with Crippen LogP contribution in [0.2, 0.25) is 0 Å². The molecule has 75 heavy (non-hydrogen) atoms. The highest BCUT2D eigenvalue weighted by Crippen LogP contribution is 2.45. The molecule has 0 bridgehead atoms. The van der Waals surface area contributed by atoms with Gasteiger partial charge in [0.25, 0.3) is 0 Å². The number of esters is 4. The number of rotatable bonds is 56. The van der Waals surface area contributed by atoms with Gasteiger partial charge in [-0.3, -0.25) is 37.3 Å². The Morgan fingerprint density at radius 2 is 0.640 bits per heavy atom. The van der Waals surface area contributed by atoms with E-state index in [1.54, 1.807) is 0 Å². The molecule has 444 valence electrons. The van der Waals surface area contributed by atoms with E-state index < -0.39 is 97.5 Å². The minimum absolute atomic E-state index is 0.0986. The number of hydrogen-bond acceptors (Lipinski definition) is 15. The van der Waals surface area contributed by atoms with Crippen LogP contribution in [0.4, 0.5) is 0 Å². The number of hydrogen-bond donors (Lipinski definition) is 3. The number of ether oxygens (including phenoxy) is 4. The third-order valence-electron chi connectivity index (χ3n) is 13.1. The Morgan fingerprint density at radius 1 is 0.373 bits per heavy atom. The Bertz CT molecular complexity index is 1490. The molecule has 0 saturated carbocycles. The normalized spacial score (nSPS) is 14.8. The fourth-order valence-electron chi connectivity index (χ4n) is 8.14. The lowest BCUT2D eigenvalue weighted by atomic mass is 10.00. The molecule has 0 aliphatic carbocycles. The van der Waals surface area contributed by atoms with Crippen LogP contribution in [0.15, 0.2) is 0 Å². The molecule has 0 aliphatic heterocycles. The first-order valence-electron chi connectivity index (χ1n) is 29.7. The molecule has 0 aromatic carbocycles. The van der Waals surface area contributed by atoms with E-state index in [4.69, 9.17) is 37.0 Å². The summed E-state index contributed by atoms with van der Waals surface area (Å²) in [4.78, 5) is 71.3. The summed E-state index contributed by atoms with van der Waals surface area (Å²) in [6.07, 6.45) is 31.5. The fraction of sp³-hybridized carbons (Fsp3) is 0.929. The minimum Gasteiger partial charge on any atom is -0.462 e. The van der Waals surface area contributed by atoms with Gasteiger partial charge >= 0.3 is 39.5 Å². The van der Waals surface area contributed by atoms with Crippen LogP contribution in [0.3, 0.4) is 0 Å². The first-order valence-corrected chi connectivity index (χ1v) is 32.7. The summed E-state index contributed by atoms with van der Waals surface area (Å²) in [7, 11) is -9.85. The second-order valence-corrected chi connectivity index (χ2v) is 23.5. The van der Waals surface area contributed by atoms with E-state index in [0.717, 1.165) is 109 Å². The van der Waals surface area contributed by atoms with E-state index in [9.17, 15) is 43.2 Å². The zero-order chi connectivity index (χ0) is 55.7. The molecular weight excluding hydrogens is 1010 g/mol. The van der Waals surface area contributed by atoms with Crippen LogP contribution in [0.1, 0.15) is 272 Å². The average molecular weight is 1120 g/mol. The third kappa shape index (κ3) is 50.1. The van der Waals surface area contributed by atoms with Gasteiger partial charge in [-0.1, -0.05) is 221 Å². The Kier molecular flexibility index (Phi) is 49.0. The molecule has 3 unspecified atom stereocenters. The highest BCUT2D eigenvalue weighted by atomic mass is 31.2. The maximum atomic E-state index is 12.9. The van der Waals surface area contributed by atoms with Gasteiger partial charge in [-0.25, -0.2) is 9.13 Å². The largest absolute Gasteiger partial charge is 0.472 e. The van der Waals surface area contributed by atoms with E-state index in [0.29, 0.717) is 25.7 Å². The molecular formula is C56H108O17P2. The van der Waals surface area contributed by atoms with E-state index in [2.05, 4.69) is 34.6 Å². The van der Waals surface area contributed by atoms with Crippen LogP contribution in [-0.2, 0) is 65.4 Å². The van der Waals surface area contributed by atoms with Crippen LogP contribution in [-0.4, -0.2) is 96.7 Å². The Hall–Kier alpha value is -1.94. The van der Waals surface area contributed by atoms with Gasteiger partial charge in [0.15, 0.2) is 12.2 Å². The molecule has 0 amide bonds. The summed E-state index contributed by atoms with van der Waals surface area (Å²) in [6.45, 7) is 6.91. The number of phosphoric ester groups is 2. The summed E-state index contributed by atoms with van der Waals surface area (Å²) in [5, 5.41) is 10.4. The molecule has 19 heteroatoms. The van der Waals surface area contributed by atoms with Gasteiger partial charge in [-0.05, 0) is 31.6 Å². The van der Waals surface area contributed by atoms with E-state index >= 15 is 0 Å². The van der Waals surface area contributed by atoms with Gasteiger partial charge < -0.3 is 33.8 Å². The van der Waals surface area contributed by atoms with Crippen molar-refractivity contribution in [3.05, 3.63) is 0 Å². The van der Waals surface area contributed by atoms with Crippen molar-refractivity contribution in [1.29, 1.82) is 0 Å². The van der Waals surface area contributed by atoms with Crippen LogP contribution in [0.5, 0.6) is 0 Å². The van der Waals surface area contributed by atoms with Crippen molar-refractivity contribution in [3.63, 3.8) is 0 Å². The Balaban J connectivity index is 5.13. The van der Waals surface area contributed by atoms with Gasteiger partial charge in [0.05, 0.1) is 26.4 Å². The van der Waals surface area contributed by atoms with E-state index in [1.165, 1.54) is 83.5 Å². The monoisotopic (exact) mass is 1110 g/mol. The first kappa shape index (κ1) is 73.1. The highest BCUT2D eigenvalue weighted by molar-refractivity contribution is 7.47. The lowest BCUT2D eigenvalue weighted by Gasteiger charge is -2.21. The number of carbonyl (C=O) groups is 4. The molecule has 17 nitrogen and oxygen atoms in total. The molecule has 0 fully saturated rings. The molecule has 0 aliphatic rings. The summed E-state index contributed by atoms with van der Waals surface area (Å²) in [5.74, 6) is -1.44. The van der Waals surface area contributed by atoms with Crippen LogP contribution in [0, 0.1) is 5.92 Å². The predicted molar refractivity (Wildman–Crippen MR) is 294 cm³/mol. The molecule has 0 spiro atoms. The Morgan fingerprint density at radius 3 is 0.947 bits per heavy atom. The number of aliphatic hydroxyl groups is 1. The Labute approximate surface area is 454 Å². The lowest BCUT2D eigenvalue weighted by Crippen LogP contribution is -2.30. The molecule has 0 rings (SSSR count). The highest BCUT2D eigenvalue weighted by Gasteiger charge is 2.30. The van der Waals surface area contributed by atoms with Crippen molar-refractivity contribution >= 4 is 39.5 Å². The van der Waals surface area contributed by atoms with Crippen molar-refractivity contribution in [3.8, 4) is 0 Å². The van der Waals surface area contributed by atoms with Crippen molar-refractivity contribution in [1.82, 2.24) is 0 Å². The van der Waals surface area contributed by atoms with Crippen LogP contribution in [0.25, 0.3) is 0 Å². The summed E-state index contributed by atoms with van der Waals surface area (Å²) in [5.41, 5.74) is 0. The van der Waals surface area contributed by atoms with Crippen molar-refractivity contribution in [2.75, 3.05) is 39.6 Å². The average Bonchev–Trinajstić information content (AvgIpc) is 3.38. The zero-order valence-electron chi connectivity index (χ0n) is 47.7. The zero-order valence-corrected chi connectivity index (χ0v) is 49.5. The molecule has 3 N–H and O–H groups in total. The number of aliphatic hydroxyl groups excluding tert-OH is 1. The van der Waals surface area contributed by atoms with Crippen molar-refractivity contribution in [2.24, 2.45) is 5.92 Å². The topological polar surface area (TPSA) is 237 Å². The maximum Gasteiger partial charge on any atom is 0.472 e. The molecule has 0 heterocycles. The fourth-order valence-corrected chi connectivity index (χ4v) is 9.71. The smallest absolute Gasteiger partial charge is 0.462 e. The van der Waals surface area contributed by atoms with E-state index in [1.807, 2.05) is 0 Å². The molecule has 0 aromatic rings. The summed E-state index contributed by atoms with van der Waals surface area (Å²) < 4.78 is 67.2.